The van der Waals surface area contributed by atoms with E-state index >= 15 is 0 Å². The van der Waals surface area contributed by atoms with Crippen molar-refractivity contribution in [2.75, 3.05) is 0 Å². The first-order valence-electron chi connectivity index (χ1n) is 7.55. The van der Waals surface area contributed by atoms with E-state index in [0.717, 1.165) is 20.7 Å². The van der Waals surface area contributed by atoms with Gasteiger partial charge in [-0.15, -0.1) is 11.3 Å². The van der Waals surface area contributed by atoms with Crippen molar-refractivity contribution < 1.29 is 4.74 Å². The van der Waals surface area contributed by atoms with E-state index in [9.17, 15) is 4.79 Å². The summed E-state index contributed by atoms with van der Waals surface area (Å²) >= 11 is 12.9. The fourth-order valence-electron chi connectivity index (χ4n) is 3.05. The molecule has 0 saturated heterocycles. The molecule has 1 N–H and O–H groups in total. The Balaban J connectivity index is 2.02. The average molecular weight is 379 g/mol. The summed E-state index contributed by atoms with van der Waals surface area (Å²) in [5.41, 5.74) is 1.42. The smallest absolute Gasteiger partial charge is 0.267 e. The Labute approximate surface area is 152 Å². The fraction of sp³-hybridized carbons (Fsp3) is 0.294. The van der Waals surface area contributed by atoms with Crippen molar-refractivity contribution in [3.63, 3.8) is 0 Å². The number of nitrogens with zero attached hydrogens (tertiary/aromatic N) is 1. The van der Waals surface area contributed by atoms with Gasteiger partial charge in [0.25, 0.3) is 5.56 Å². The summed E-state index contributed by atoms with van der Waals surface area (Å²) in [5, 5.41) is 1.34. The number of halogens is 1. The van der Waals surface area contributed by atoms with Crippen LogP contribution in [0, 0.1) is 4.77 Å². The van der Waals surface area contributed by atoms with Crippen molar-refractivity contribution in [2.24, 2.45) is 0 Å². The maximum atomic E-state index is 13.2. The molecule has 4 nitrogen and oxygen atoms in total. The summed E-state index contributed by atoms with van der Waals surface area (Å²) in [6.07, 6.45) is 0.711. The third-order valence-electron chi connectivity index (χ3n) is 4.21. The van der Waals surface area contributed by atoms with Crippen LogP contribution in [0.5, 0.6) is 0 Å². The minimum atomic E-state index is -0.273. The zero-order valence-electron chi connectivity index (χ0n) is 13.2. The maximum absolute atomic E-state index is 13.2. The molecule has 1 aromatic carbocycles. The monoisotopic (exact) mass is 378 g/mol. The highest BCUT2D eigenvalue weighted by Gasteiger charge is 2.30. The Bertz CT molecular complexity index is 1060. The van der Waals surface area contributed by atoms with Crippen LogP contribution in [0.4, 0.5) is 0 Å². The molecule has 4 rings (SSSR count). The van der Waals surface area contributed by atoms with Crippen LogP contribution in [-0.2, 0) is 17.8 Å². The van der Waals surface area contributed by atoms with Gasteiger partial charge in [-0.05, 0) is 55.9 Å². The van der Waals surface area contributed by atoms with Gasteiger partial charge in [0.15, 0.2) is 4.77 Å². The lowest BCUT2D eigenvalue weighted by Gasteiger charge is -2.29. The first kappa shape index (κ1) is 16.0. The van der Waals surface area contributed by atoms with Gasteiger partial charge in [-0.2, -0.15) is 0 Å². The zero-order valence-corrected chi connectivity index (χ0v) is 15.6. The third kappa shape index (κ3) is 2.54. The molecule has 1 aliphatic rings. The molecule has 0 saturated carbocycles. The molecule has 0 atom stereocenters. The summed E-state index contributed by atoms with van der Waals surface area (Å²) in [7, 11) is 0. The maximum Gasteiger partial charge on any atom is 0.267 e. The van der Waals surface area contributed by atoms with Crippen molar-refractivity contribution in [3.05, 3.63) is 54.9 Å². The number of fused-ring (bicyclic) bond motifs is 3. The lowest BCUT2D eigenvalue weighted by atomic mass is 9.94. The molecule has 0 amide bonds. The van der Waals surface area contributed by atoms with Crippen molar-refractivity contribution in [2.45, 2.75) is 32.5 Å². The van der Waals surface area contributed by atoms with Crippen LogP contribution >= 0.6 is 35.2 Å². The topological polar surface area (TPSA) is 47.0 Å². The number of hydrogen-bond acceptors (Lipinski definition) is 4. The van der Waals surface area contributed by atoms with Crippen LogP contribution in [0.1, 0.15) is 24.3 Å². The number of nitrogens with one attached hydrogen (secondary N) is 1. The number of benzene rings is 1. The Kier molecular flexibility index (Phi) is 3.69. The summed E-state index contributed by atoms with van der Waals surface area (Å²) < 4.78 is 7.78. The number of ether oxygens (including phenoxy) is 1. The molecule has 7 heteroatoms. The van der Waals surface area contributed by atoms with Crippen LogP contribution in [0.25, 0.3) is 15.9 Å². The summed E-state index contributed by atoms with van der Waals surface area (Å²) in [6.45, 7) is 4.62. The number of aromatic nitrogens is 2. The summed E-state index contributed by atoms with van der Waals surface area (Å²) in [6, 6.07) is 7.10. The first-order chi connectivity index (χ1) is 11.4. The lowest BCUT2D eigenvalue weighted by Crippen LogP contribution is -2.32. The fourth-order valence-corrected chi connectivity index (χ4v) is 4.65. The van der Waals surface area contributed by atoms with Gasteiger partial charge in [-0.3, -0.25) is 9.36 Å². The van der Waals surface area contributed by atoms with Gasteiger partial charge in [0, 0.05) is 16.3 Å². The van der Waals surface area contributed by atoms with Gasteiger partial charge in [0.05, 0.1) is 23.3 Å². The van der Waals surface area contributed by atoms with E-state index in [1.165, 1.54) is 4.57 Å². The first-order valence-corrected chi connectivity index (χ1v) is 9.15. The molecular weight excluding hydrogens is 364 g/mol. The van der Waals surface area contributed by atoms with Crippen LogP contribution < -0.4 is 5.56 Å². The minimum Gasteiger partial charge on any atom is -0.370 e. The van der Waals surface area contributed by atoms with Crippen molar-refractivity contribution in [3.8, 4) is 5.69 Å². The third-order valence-corrected chi connectivity index (χ3v) is 5.87. The number of H-pyrrole nitrogens is 1. The Morgan fingerprint density at radius 2 is 2.04 bits per heavy atom. The highest BCUT2D eigenvalue weighted by atomic mass is 35.5. The van der Waals surface area contributed by atoms with E-state index in [1.54, 1.807) is 35.6 Å². The molecule has 24 heavy (non-hydrogen) atoms. The molecule has 0 bridgehead atoms. The van der Waals surface area contributed by atoms with Gasteiger partial charge < -0.3 is 9.72 Å². The van der Waals surface area contributed by atoms with Crippen molar-refractivity contribution >= 4 is 45.4 Å². The second-order valence-corrected chi connectivity index (χ2v) is 8.41. The largest absolute Gasteiger partial charge is 0.370 e. The second-order valence-electron chi connectivity index (χ2n) is 6.48. The van der Waals surface area contributed by atoms with E-state index in [-0.39, 0.29) is 11.2 Å². The SMILES string of the molecule is CC1(C)Cc2c(sc3[nH]c(=S)n(-c4ccc(Cl)cc4)c(=O)c23)CO1. The van der Waals surface area contributed by atoms with E-state index in [2.05, 4.69) is 4.98 Å². The van der Waals surface area contributed by atoms with Gasteiger partial charge in [-0.1, -0.05) is 11.6 Å². The molecule has 3 heterocycles. The average Bonchev–Trinajstić information content (AvgIpc) is 2.85. The highest BCUT2D eigenvalue weighted by Crippen LogP contribution is 2.36. The van der Waals surface area contributed by atoms with Gasteiger partial charge >= 0.3 is 0 Å². The predicted octanol–water partition coefficient (Wildman–Crippen LogP) is 4.61. The highest BCUT2D eigenvalue weighted by molar-refractivity contribution is 7.71. The van der Waals surface area contributed by atoms with Gasteiger partial charge in [0.1, 0.15) is 4.83 Å². The Morgan fingerprint density at radius 1 is 1.33 bits per heavy atom. The minimum absolute atomic E-state index is 0.0914. The van der Waals surface area contributed by atoms with E-state index in [4.69, 9.17) is 28.6 Å². The Morgan fingerprint density at radius 3 is 2.75 bits per heavy atom. The van der Waals surface area contributed by atoms with Gasteiger partial charge in [-0.25, -0.2) is 0 Å². The number of hydrogen-bond donors (Lipinski definition) is 1. The van der Waals surface area contributed by atoms with Crippen LogP contribution in [0.2, 0.25) is 5.02 Å². The van der Waals surface area contributed by atoms with Gasteiger partial charge in [0.2, 0.25) is 0 Å². The Hall–Kier alpha value is -1.47. The normalized spacial score (nSPS) is 16.3. The van der Waals surface area contributed by atoms with E-state index in [0.29, 0.717) is 28.5 Å². The molecule has 0 fully saturated rings. The van der Waals surface area contributed by atoms with E-state index in [1.807, 2.05) is 13.8 Å². The van der Waals surface area contributed by atoms with Crippen LogP contribution in [0.3, 0.4) is 0 Å². The molecular formula is C17H15ClN2O2S2. The standard InChI is InChI=1S/C17H15ClN2O2S2/c1-17(2)7-11-12(8-22-17)24-14-13(11)15(21)20(16(23)19-14)10-5-3-9(18)4-6-10/h3-6H,7-8H2,1-2H3,(H,19,23). The quantitative estimate of drug-likeness (QED) is 0.629. The molecule has 0 spiro atoms. The molecule has 3 aromatic rings. The molecule has 2 aromatic heterocycles. The lowest BCUT2D eigenvalue weighted by molar-refractivity contribution is -0.0379. The van der Waals surface area contributed by atoms with Crippen LogP contribution in [0.15, 0.2) is 29.1 Å². The predicted molar refractivity (Wildman–Crippen MR) is 100 cm³/mol. The summed E-state index contributed by atoms with van der Waals surface area (Å²) in [5.74, 6) is 0. The summed E-state index contributed by atoms with van der Waals surface area (Å²) in [4.78, 5) is 18.3. The van der Waals surface area contributed by atoms with Crippen molar-refractivity contribution in [1.29, 1.82) is 0 Å². The number of rotatable bonds is 1. The number of aromatic amines is 1. The van der Waals surface area contributed by atoms with E-state index < -0.39 is 0 Å². The van der Waals surface area contributed by atoms with Crippen molar-refractivity contribution in [1.82, 2.24) is 9.55 Å². The zero-order chi connectivity index (χ0) is 17.1. The number of thiophene rings is 1. The molecule has 0 unspecified atom stereocenters. The second kappa shape index (κ2) is 5.52. The molecule has 0 aliphatic carbocycles. The van der Waals surface area contributed by atoms with Crippen LogP contribution in [-0.4, -0.2) is 15.2 Å². The molecule has 1 aliphatic heterocycles. The molecule has 124 valence electrons. The molecule has 0 radical (unpaired) electrons.